The SMILES string of the molecule is CCOc1ccc(-n2c(C)nnc2S[C@@H](C[N+](=O)[O-])c2ccc(OCC)c(OC)c2)cc1. The number of nitrogens with zero attached hydrogens (tertiary/aromatic N) is 4. The molecule has 3 rings (SSSR count). The van der Waals surface area contributed by atoms with Crippen molar-refractivity contribution in [1.82, 2.24) is 14.8 Å². The van der Waals surface area contributed by atoms with Crippen LogP contribution in [0.25, 0.3) is 5.69 Å². The molecule has 0 saturated heterocycles. The maximum absolute atomic E-state index is 11.4. The molecule has 1 aromatic heterocycles. The van der Waals surface area contributed by atoms with Gasteiger partial charge in [-0.1, -0.05) is 17.8 Å². The van der Waals surface area contributed by atoms with Crippen LogP contribution in [0, 0.1) is 17.0 Å². The van der Waals surface area contributed by atoms with E-state index in [0.717, 1.165) is 17.0 Å². The second kappa shape index (κ2) is 10.9. The predicted octanol–water partition coefficient (Wildman–Crippen LogP) is 4.49. The molecule has 1 atom stereocenters. The van der Waals surface area contributed by atoms with Gasteiger partial charge in [-0.25, -0.2) is 0 Å². The summed E-state index contributed by atoms with van der Waals surface area (Å²) in [4.78, 5) is 11.1. The molecule has 2 aromatic carbocycles. The lowest BCUT2D eigenvalue weighted by Gasteiger charge is -2.16. The Morgan fingerprint density at radius 1 is 1.06 bits per heavy atom. The Hall–Kier alpha value is -3.27. The lowest BCUT2D eigenvalue weighted by molar-refractivity contribution is -0.479. The van der Waals surface area contributed by atoms with Gasteiger partial charge < -0.3 is 14.2 Å². The van der Waals surface area contributed by atoms with Gasteiger partial charge in [-0.3, -0.25) is 14.7 Å². The molecule has 0 aliphatic carbocycles. The van der Waals surface area contributed by atoms with E-state index in [-0.39, 0.29) is 11.5 Å². The summed E-state index contributed by atoms with van der Waals surface area (Å²) in [5.41, 5.74) is 1.59. The molecular formula is C22H26N4O5S. The van der Waals surface area contributed by atoms with E-state index in [0.29, 0.717) is 35.7 Å². The number of aryl methyl sites for hydroxylation is 1. The van der Waals surface area contributed by atoms with Gasteiger partial charge in [0.1, 0.15) is 16.8 Å². The van der Waals surface area contributed by atoms with Gasteiger partial charge in [-0.2, -0.15) is 0 Å². The molecule has 170 valence electrons. The first-order valence-electron chi connectivity index (χ1n) is 10.2. The maximum atomic E-state index is 11.4. The largest absolute Gasteiger partial charge is 0.494 e. The van der Waals surface area contributed by atoms with Gasteiger partial charge >= 0.3 is 0 Å². The number of aromatic nitrogens is 3. The average Bonchev–Trinajstić information content (AvgIpc) is 3.14. The van der Waals surface area contributed by atoms with Gasteiger partial charge in [0, 0.05) is 10.6 Å². The van der Waals surface area contributed by atoms with Crippen molar-refractivity contribution >= 4 is 11.8 Å². The molecule has 0 aliphatic heterocycles. The molecule has 0 unspecified atom stereocenters. The van der Waals surface area contributed by atoms with Crippen molar-refractivity contribution in [3.63, 3.8) is 0 Å². The molecule has 0 bridgehead atoms. The van der Waals surface area contributed by atoms with Crippen molar-refractivity contribution in [3.05, 3.63) is 64.0 Å². The minimum atomic E-state index is -0.500. The molecule has 9 nitrogen and oxygen atoms in total. The van der Waals surface area contributed by atoms with E-state index >= 15 is 0 Å². The van der Waals surface area contributed by atoms with E-state index in [4.69, 9.17) is 14.2 Å². The lowest BCUT2D eigenvalue weighted by atomic mass is 10.1. The Kier molecular flexibility index (Phi) is 7.93. The van der Waals surface area contributed by atoms with Gasteiger partial charge in [0.2, 0.25) is 6.54 Å². The number of thioether (sulfide) groups is 1. The van der Waals surface area contributed by atoms with Gasteiger partial charge in [-0.05, 0) is 62.7 Å². The summed E-state index contributed by atoms with van der Waals surface area (Å²) in [7, 11) is 1.54. The fraction of sp³-hybridized carbons (Fsp3) is 0.364. The van der Waals surface area contributed by atoms with Crippen LogP contribution in [-0.4, -0.2) is 46.6 Å². The summed E-state index contributed by atoms with van der Waals surface area (Å²) in [6.45, 7) is 6.45. The van der Waals surface area contributed by atoms with E-state index in [1.165, 1.54) is 11.8 Å². The van der Waals surface area contributed by atoms with Crippen molar-refractivity contribution < 1.29 is 19.1 Å². The summed E-state index contributed by atoms with van der Waals surface area (Å²) >= 11 is 1.29. The van der Waals surface area contributed by atoms with Gasteiger partial charge in [0.05, 0.1) is 20.3 Å². The smallest absolute Gasteiger partial charge is 0.220 e. The van der Waals surface area contributed by atoms with Crippen LogP contribution < -0.4 is 14.2 Å². The quantitative estimate of drug-likeness (QED) is 0.235. The summed E-state index contributed by atoms with van der Waals surface area (Å²) in [6.07, 6.45) is 0. The van der Waals surface area contributed by atoms with Crippen molar-refractivity contribution in [2.45, 2.75) is 31.2 Å². The van der Waals surface area contributed by atoms with Crippen LogP contribution in [0.1, 0.15) is 30.5 Å². The first-order chi connectivity index (χ1) is 15.5. The molecule has 0 saturated carbocycles. The number of methoxy groups -OCH3 is 1. The van der Waals surface area contributed by atoms with E-state index in [1.54, 1.807) is 19.2 Å². The van der Waals surface area contributed by atoms with Gasteiger partial charge in [-0.15, -0.1) is 10.2 Å². The molecule has 0 fully saturated rings. The van der Waals surface area contributed by atoms with E-state index in [2.05, 4.69) is 10.2 Å². The minimum Gasteiger partial charge on any atom is -0.494 e. The molecule has 0 N–H and O–H groups in total. The molecule has 0 amide bonds. The molecule has 0 spiro atoms. The average molecular weight is 459 g/mol. The highest BCUT2D eigenvalue weighted by Crippen LogP contribution is 2.39. The van der Waals surface area contributed by atoms with Crippen LogP contribution in [0.3, 0.4) is 0 Å². The lowest BCUT2D eigenvalue weighted by Crippen LogP contribution is -2.11. The Morgan fingerprint density at radius 2 is 1.78 bits per heavy atom. The fourth-order valence-corrected chi connectivity index (χ4v) is 4.37. The number of ether oxygens (including phenoxy) is 3. The zero-order valence-corrected chi connectivity index (χ0v) is 19.3. The van der Waals surface area contributed by atoms with Crippen LogP contribution >= 0.6 is 11.8 Å². The third-order valence-electron chi connectivity index (χ3n) is 4.62. The highest BCUT2D eigenvalue weighted by Gasteiger charge is 2.25. The van der Waals surface area contributed by atoms with Crippen molar-refractivity contribution in [2.75, 3.05) is 26.9 Å². The standard InChI is InChI=1S/C22H26N4O5S/c1-5-30-18-10-8-17(9-11-18)26-15(3)23-24-22(26)32-21(14-25(27)28)16-7-12-19(31-6-2)20(13-16)29-4/h7-13,21H,5-6,14H2,1-4H3/t21-/m0/s1. The van der Waals surface area contributed by atoms with Crippen molar-refractivity contribution in [1.29, 1.82) is 0 Å². The zero-order chi connectivity index (χ0) is 23.1. The molecule has 0 aliphatic rings. The zero-order valence-electron chi connectivity index (χ0n) is 18.5. The van der Waals surface area contributed by atoms with Crippen LogP contribution in [-0.2, 0) is 0 Å². The molecule has 10 heteroatoms. The molecule has 1 heterocycles. The minimum absolute atomic E-state index is 0.281. The second-order valence-electron chi connectivity index (χ2n) is 6.76. The number of hydrogen-bond donors (Lipinski definition) is 0. The highest BCUT2D eigenvalue weighted by molar-refractivity contribution is 7.99. The Labute approximate surface area is 190 Å². The number of benzene rings is 2. The van der Waals surface area contributed by atoms with Gasteiger partial charge in [0.15, 0.2) is 16.7 Å². The fourth-order valence-electron chi connectivity index (χ4n) is 3.21. The first kappa shape index (κ1) is 23.4. The van der Waals surface area contributed by atoms with E-state index in [9.17, 15) is 10.1 Å². The van der Waals surface area contributed by atoms with E-state index in [1.807, 2.05) is 55.7 Å². The van der Waals surface area contributed by atoms with Crippen LogP contribution in [0.5, 0.6) is 17.2 Å². The second-order valence-corrected chi connectivity index (χ2v) is 7.93. The van der Waals surface area contributed by atoms with Crippen LogP contribution in [0.2, 0.25) is 0 Å². The molecule has 3 aromatic rings. The van der Waals surface area contributed by atoms with Crippen molar-refractivity contribution in [3.8, 4) is 22.9 Å². The molecular weight excluding hydrogens is 432 g/mol. The summed E-state index contributed by atoms with van der Waals surface area (Å²) in [6, 6.07) is 12.9. The monoisotopic (exact) mass is 458 g/mol. The van der Waals surface area contributed by atoms with Crippen molar-refractivity contribution in [2.24, 2.45) is 0 Å². The van der Waals surface area contributed by atoms with Gasteiger partial charge in [0.25, 0.3) is 0 Å². The highest BCUT2D eigenvalue weighted by atomic mass is 32.2. The molecule has 32 heavy (non-hydrogen) atoms. The Bertz CT molecular complexity index is 1050. The van der Waals surface area contributed by atoms with E-state index < -0.39 is 5.25 Å². The Balaban J connectivity index is 1.94. The molecule has 0 radical (unpaired) electrons. The number of rotatable bonds is 11. The summed E-state index contributed by atoms with van der Waals surface area (Å²) < 4.78 is 18.4. The normalized spacial score (nSPS) is 11.8. The van der Waals surface area contributed by atoms with Crippen LogP contribution in [0.15, 0.2) is 47.6 Å². The Morgan fingerprint density at radius 3 is 2.41 bits per heavy atom. The maximum Gasteiger partial charge on any atom is 0.220 e. The third kappa shape index (κ3) is 5.50. The summed E-state index contributed by atoms with van der Waals surface area (Å²) in [5.74, 6) is 2.57. The first-order valence-corrected chi connectivity index (χ1v) is 11.1. The number of nitro groups is 1. The number of hydrogen-bond acceptors (Lipinski definition) is 8. The predicted molar refractivity (Wildman–Crippen MR) is 122 cm³/mol. The summed E-state index contributed by atoms with van der Waals surface area (Å²) in [5, 5.41) is 20.0. The third-order valence-corrected chi connectivity index (χ3v) is 5.80. The topological polar surface area (TPSA) is 102 Å². The van der Waals surface area contributed by atoms with Crippen LogP contribution in [0.4, 0.5) is 0 Å².